The van der Waals surface area contributed by atoms with Crippen LogP contribution in [0.25, 0.3) is 0 Å². The van der Waals surface area contributed by atoms with Crippen LogP contribution in [0.15, 0.2) is 24.3 Å². The summed E-state index contributed by atoms with van der Waals surface area (Å²) in [6.45, 7) is 6.90. The van der Waals surface area contributed by atoms with E-state index in [-0.39, 0.29) is 0 Å². The highest BCUT2D eigenvalue weighted by Gasteiger charge is 2.08. The summed E-state index contributed by atoms with van der Waals surface area (Å²) >= 11 is 0. The van der Waals surface area contributed by atoms with Crippen LogP contribution in [0.3, 0.4) is 0 Å². The maximum atomic E-state index is 8.88. The predicted octanol–water partition coefficient (Wildman–Crippen LogP) is 2.93. The van der Waals surface area contributed by atoms with Crippen molar-refractivity contribution in [2.45, 2.75) is 26.8 Å². The molecule has 1 aromatic carbocycles. The Kier molecular flexibility index (Phi) is 5.91. The normalized spacial score (nSPS) is 10.3. The molecule has 0 unspecified atom stereocenters. The van der Waals surface area contributed by atoms with Crippen LogP contribution in [0.5, 0.6) is 0 Å². The Hall–Kier alpha value is -1.84. The van der Waals surface area contributed by atoms with Crippen LogP contribution in [-0.2, 0) is 6.54 Å². The molecule has 0 saturated carbocycles. The molecule has 3 heteroatoms. The Balaban J connectivity index is 2.69. The summed E-state index contributed by atoms with van der Waals surface area (Å²) in [5.41, 5.74) is 1.82. The van der Waals surface area contributed by atoms with E-state index in [1.807, 2.05) is 24.3 Å². The van der Waals surface area contributed by atoms with E-state index in [4.69, 9.17) is 10.5 Å². The second-order valence-electron chi connectivity index (χ2n) is 4.85. The van der Waals surface area contributed by atoms with Crippen molar-refractivity contribution in [3.63, 3.8) is 0 Å². The first-order chi connectivity index (χ1) is 8.65. The number of benzene rings is 1. The van der Waals surface area contributed by atoms with Crippen molar-refractivity contribution in [2.75, 3.05) is 13.1 Å². The van der Waals surface area contributed by atoms with Crippen molar-refractivity contribution in [2.24, 2.45) is 5.92 Å². The van der Waals surface area contributed by atoms with E-state index in [2.05, 4.69) is 30.9 Å². The van der Waals surface area contributed by atoms with Gasteiger partial charge in [0.05, 0.1) is 17.7 Å². The van der Waals surface area contributed by atoms with Gasteiger partial charge in [-0.3, -0.25) is 4.90 Å². The zero-order valence-electron chi connectivity index (χ0n) is 11.1. The van der Waals surface area contributed by atoms with E-state index in [0.717, 1.165) is 25.2 Å². The van der Waals surface area contributed by atoms with Gasteiger partial charge in [0.1, 0.15) is 0 Å². The Morgan fingerprint density at radius 2 is 2.06 bits per heavy atom. The highest BCUT2D eigenvalue weighted by atomic mass is 15.1. The fraction of sp³-hybridized carbons (Fsp3) is 0.467. The van der Waals surface area contributed by atoms with Gasteiger partial charge in [0, 0.05) is 26.1 Å². The van der Waals surface area contributed by atoms with Crippen molar-refractivity contribution >= 4 is 0 Å². The molecule has 18 heavy (non-hydrogen) atoms. The maximum Gasteiger partial charge on any atom is 0.0991 e. The molecule has 0 spiro atoms. The van der Waals surface area contributed by atoms with E-state index < -0.39 is 0 Å². The van der Waals surface area contributed by atoms with Gasteiger partial charge in [-0.25, -0.2) is 0 Å². The Bertz CT molecular complexity index is 452. The predicted molar refractivity (Wildman–Crippen MR) is 71.5 cm³/mol. The van der Waals surface area contributed by atoms with E-state index in [1.165, 1.54) is 0 Å². The Morgan fingerprint density at radius 1 is 1.28 bits per heavy atom. The molecule has 0 N–H and O–H groups in total. The second kappa shape index (κ2) is 7.48. The molecule has 0 aliphatic heterocycles. The van der Waals surface area contributed by atoms with E-state index >= 15 is 0 Å². The Morgan fingerprint density at radius 3 is 2.67 bits per heavy atom. The van der Waals surface area contributed by atoms with Crippen LogP contribution in [0, 0.1) is 28.6 Å². The first-order valence-electron chi connectivity index (χ1n) is 6.24. The molecule has 1 rings (SSSR count). The smallest absolute Gasteiger partial charge is 0.0991 e. The number of nitrogens with zero attached hydrogens (tertiary/aromatic N) is 3. The van der Waals surface area contributed by atoms with Gasteiger partial charge in [0.15, 0.2) is 0 Å². The minimum atomic E-state index is 0.546. The van der Waals surface area contributed by atoms with E-state index in [0.29, 0.717) is 17.9 Å². The zero-order valence-corrected chi connectivity index (χ0v) is 11.1. The van der Waals surface area contributed by atoms with Crippen molar-refractivity contribution < 1.29 is 0 Å². The summed E-state index contributed by atoms with van der Waals surface area (Å²) in [5, 5.41) is 17.6. The van der Waals surface area contributed by atoms with Gasteiger partial charge in [0.25, 0.3) is 0 Å². The van der Waals surface area contributed by atoms with Gasteiger partial charge < -0.3 is 0 Å². The lowest BCUT2D eigenvalue weighted by Gasteiger charge is -2.23. The lowest BCUT2D eigenvalue weighted by molar-refractivity contribution is 0.241. The van der Waals surface area contributed by atoms with Gasteiger partial charge in [-0.15, -0.1) is 0 Å². The minimum Gasteiger partial charge on any atom is -0.298 e. The van der Waals surface area contributed by atoms with Crippen molar-refractivity contribution in [3.05, 3.63) is 35.4 Å². The fourth-order valence-electron chi connectivity index (χ4n) is 1.96. The molecular formula is C15H19N3. The van der Waals surface area contributed by atoms with Crippen LogP contribution in [-0.4, -0.2) is 18.0 Å². The number of rotatable bonds is 6. The van der Waals surface area contributed by atoms with Crippen LogP contribution in [0.2, 0.25) is 0 Å². The van der Waals surface area contributed by atoms with Crippen molar-refractivity contribution in [1.29, 1.82) is 10.5 Å². The molecule has 0 saturated heterocycles. The standard InChI is InChI=1S/C15H19N3/c1-13(2)11-18(8-4-7-16)12-15-6-3-5-14(9-15)10-17/h3,5-6,9,13H,4,8,11-12H2,1-2H3. The average molecular weight is 241 g/mol. The van der Waals surface area contributed by atoms with Crippen LogP contribution >= 0.6 is 0 Å². The molecule has 94 valence electrons. The third-order valence-corrected chi connectivity index (χ3v) is 2.63. The van der Waals surface area contributed by atoms with Gasteiger partial charge in [-0.05, 0) is 23.6 Å². The molecule has 0 aromatic heterocycles. The third kappa shape index (κ3) is 4.99. The number of hydrogen-bond donors (Lipinski definition) is 0. The number of nitriles is 2. The van der Waals surface area contributed by atoms with Gasteiger partial charge in [-0.1, -0.05) is 26.0 Å². The third-order valence-electron chi connectivity index (χ3n) is 2.63. The highest BCUT2D eigenvalue weighted by molar-refractivity contribution is 5.32. The summed E-state index contributed by atoms with van der Waals surface area (Å²) in [5.74, 6) is 0.572. The van der Waals surface area contributed by atoms with Gasteiger partial charge in [-0.2, -0.15) is 10.5 Å². The number of hydrogen-bond acceptors (Lipinski definition) is 3. The quantitative estimate of drug-likeness (QED) is 0.769. The summed E-state index contributed by atoms with van der Waals surface area (Å²) in [6.07, 6.45) is 0.546. The van der Waals surface area contributed by atoms with Crippen LogP contribution in [0.4, 0.5) is 0 Å². The summed E-state index contributed by atoms with van der Waals surface area (Å²) in [7, 11) is 0. The summed E-state index contributed by atoms with van der Waals surface area (Å²) in [6, 6.07) is 12.0. The molecule has 0 heterocycles. The lowest BCUT2D eigenvalue weighted by Crippen LogP contribution is -2.28. The van der Waals surface area contributed by atoms with Gasteiger partial charge in [0.2, 0.25) is 0 Å². The van der Waals surface area contributed by atoms with E-state index in [9.17, 15) is 0 Å². The maximum absolute atomic E-state index is 8.88. The molecular weight excluding hydrogens is 222 g/mol. The first-order valence-corrected chi connectivity index (χ1v) is 6.24. The molecule has 1 aromatic rings. The molecule has 3 nitrogen and oxygen atoms in total. The molecule has 0 aliphatic rings. The molecule has 0 aliphatic carbocycles. The average Bonchev–Trinajstić information content (AvgIpc) is 2.35. The molecule has 0 bridgehead atoms. The van der Waals surface area contributed by atoms with Crippen molar-refractivity contribution in [1.82, 2.24) is 4.90 Å². The van der Waals surface area contributed by atoms with Crippen LogP contribution < -0.4 is 0 Å². The summed E-state index contributed by atoms with van der Waals surface area (Å²) in [4.78, 5) is 2.27. The monoisotopic (exact) mass is 241 g/mol. The molecule has 0 atom stereocenters. The fourth-order valence-corrected chi connectivity index (χ4v) is 1.96. The second-order valence-corrected chi connectivity index (χ2v) is 4.85. The van der Waals surface area contributed by atoms with E-state index in [1.54, 1.807) is 0 Å². The molecule has 0 fully saturated rings. The Labute approximate surface area is 109 Å². The topological polar surface area (TPSA) is 50.8 Å². The van der Waals surface area contributed by atoms with Crippen LogP contribution in [0.1, 0.15) is 31.4 Å². The summed E-state index contributed by atoms with van der Waals surface area (Å²) < 4.78 is 0. The molecule has 0 radical (unpaired) electrons. The minimum absolute atomic E-state index is 0.546. The first kappa shape index (κ1) is 14.2. The van der Waals surface area contributed by atoms with Gasteiger partial charge >= 0.3 is 0 Å². The lowest BCUT2D eigenvalue weighted by atomic mass is 10.1. The largest absolute Gasteiger partial charge is 0.298 e. The zero-order chi connectivity index (χ0) is 13.4. The van der Waals surface area contributed by atoms with Crippen molar-refractivity contribution in [3.8, 4) is 12.1 Å². The highest BCUT2D eigenvalue weighted by Crippen LogP contribution is 2.10. The molecule has 0 amide bonds. The SMILES string of the molecule is CC(C)CN(CCC#N)Cc1cccc(C#N)c1.